The molecule has 0 unspecified atom stereocenters. The highest BCUT2D eigenvalue weighted by Gasteiger charge is 2.23. The number of pyridine rings is 1. The Morgan fingerprint density at radius 2 is 1.55 bits per heavy atom. The Hall–Kier alpha value is -3.01. The van der Waals surface area contributed by atoms with Crippen molar-refractivity contribution in [2.45, 2.75) is 4.90 Å². The molecule has 11 heteroatoms. The minimum Gasteiger partial charge on any atom is -0.494 e. The number of ether oxygens (including phenoxy) is 2. The summed E-state index contributed by atoms with van der Waals surface area (Å²) in [4.78, 5) is 16.0. The molecule has 1 aromatic heterocycles. The molecule has 2 N–H and O–H groups in total. The van der Waals surface area contributed by atoms with Gasteiger partial charge < -0.3 is 14.8 Å². The predicted molar refractivity (Wildman–Crippen MR) is 119 cm³/mol. The smallest absolute Gasteiger partial charge is 0.265 e. The number of nitrogens with zero attached hydrogens (tertiary/aromatic N) is 1. The average Bonchev–Trinajstić information content (AvgIpc) is 2.74. The summed E-state index contributed by atoms with van der Waals surface area (Å²) in [6.45, 7) is 0. The number of methoxy groups -OCH3 is 2. The lowest BCUT2D eigenvalue weighted by molar-refractivity contribution is 0.102. The van der Waals surface area contributed by atoms with Gasteiger partial charge in [-0.3, -0.25) is 9.52 Å². The molecule has 8 nitrogen and oxygen atoms in total. The molecular weight excluding hydrogens is 465 g/mol. The van der Waals surface area contributed by atoms with Crippen LogP contribution in [0.15, 0.2) is 59.5 Å². The molecule has 0 saturated carbocycles. The first-order valence-electron chi connectivity index (χ1n) is 8.72. The number of sulfonamides is 1. The second kappa shape index (κ2) is 9.42. The average molecular weight is 482 g/mol. The standard InChI is InChI=1S/C20H17Cl2N3O5S/c1-29-15-11-14(25-31(27,28)17-8-9-18(21)24-19(17)22)16(30-2)10-13(15)23-20(26)12-6-4-3-5-7-12/h3-11,25H,1-2H3,(H,23,26). The van der Waals surface area contributed by atoms with Gasteiger partial charge in [0.1, 0.15) is 21.5 Å². The van der Waals surface area contributed by atoms with Crippen LogP contribution < -0.4 is 19.5 Å². The van der Waals surface area contributed by atoms with Crippen molar-refractivity contribution in [2.75, 3.05) is 24.3 Å². The molecule has 3 aromatic rings. The maximum atomic E-state index is 12.8. The van der Waals surface area contributed by atoms with E-state index >= 15 is 0 Å². The number of aromatic nitrogens is 1. The lowest BCUT2D eigenvalue weighted by Gasteiger charge is -2.17. The molecule has 0 aliphatic rings. The van der Waals surface area contributed by atoms with E-state index in [9.17, 15) is 13.2 Å². The topological polar surface area (TPSA) is 107 Å². The number of carbonyl (C=O) groups excluding carboxylic acids is 1. The quantitative estimate of drug-likeness (QED) is 0.482. The second-order valence-electron chi connectivity index (χ2n) is 6.10. The number of nitrogens with one attached hydrogen (secondary N) is 2. The van der Waals surface area contributed by atoms with E-state index < -0.39 is 10.0 Å². The Kier molecular flexibility index (Phi) is 6.89. The minimum absolute atomic E-state index is 0.0571. The van der Waals surface area contributed by atoms with Crippen LogP contribution in [0.5, 0.6) is 11.5 Å². The van der Waals surface area contributed by atoms with Gasteiger partial charge in [-0.15, -0.1) is 0 Å². The van der Waals surface area contributed by atoms with E-state index in [0.717, 1.165) is 0 Å². The zero-order chi connectivity index (χ0) is 22.6. The van der Waals surface area contributed by atoms with Crippen LogP contribution in [0.3, 0.4) is 0 Å². The second-order valence-corrected chi connectivity index (χ2v) is 8.50. The van der Waals surface area contributed by atoms with Crippen LogP contribution in [-0.2, 0) is 10.0 Å². The molecule has 0 atom stereocenters. The van der Waals surface area contributed by atoms with E-state index in [4.69, 9.17) is 32.7 Å². The van der Waals surface area contributed by atoms with Crippen LogP contribution in [0.2, 0.25) is 10.3 Å². The predicted octanol–water partition coefficient (Wildman–Crippen LogP) is 4.46. The van der Waals surface area contributed by atoms with E-state index in [1.54, 1.807) is 30.3 Å². The number of hydrogen-bond acceptors (Lipinski definition) is 6. The summed E-state index contributed by atoms with van der Waals surface area (Å²) in [6.07, 6.45) is 0. The summed E-state index contributed by atoms with van der Waals surface area (Å²) >= 11 is 11.7. The van der Waals surface area contributed by atoms with Crippen molar-refractivity contribution >= 4 is 50.5 Å². The fourth-order valence-electron chi connectivity index (χ4n) is 2.66. The van der Waals surface area contributed by atoms with Gasteiger partial charge in [-0.1, -0.05) is 41.4 Å². The van der Waals surface area contributed by atoms with Crippen molar-refractivity contribution in [3.8, 4) is 11.5 Å². The summed E-state index contributed by atoms with van der Waals surface area (Å²) in [5, 5.41) is 2.50. The lowest BCUT2D eigenvalue weighted by Crippen LogP contribution is -2.16. The number of halogens is 2. The van der Waals surface area contributed by atoms with Crippen LogP contribution in [0.1, 0.15) is 10.4 Å². The first kappa shape index (κ1) is 22.7. The van der Waals surface area contributed by atoms with E-state index in [2.05, 4.69) is 15.0 Å². The maximum absolute atomic E-state index is 12.8. The molecule has 0 bridgehead atoms. The summed E-state index contributed by atoms with van der Waals surface area (Å²) in [5.41, 5.74) is 0.809. The maximum Gasteiger partial charge on any atom is 0.265 e. The molecule has 162 valence electrons. The van der Waals surface area contributed by atoms with Crippen LogP contribution in [0.4, 0.5) is 11.4 Å². The fraction of sp³-hybridized carbons (Fsp3) is 0.100. The zero-order valence-corrected chi connectivity index (χ0v) is 18.7. The van der Waals surface area contributed by atoms with E-state index in [1.807, 2.05) is 0 Å². The van der Waals surface area contributed by atoms with Crippen molar-refractivity contribution in [3.05, 3.63) is 70.5 Å². The van der Waals surface area contributed by atoms with Gasteiger partial charge in [0.05, 0.1) is 25.6 Å². The molecular formula is C20H17Cl2N3O5S. The Morgan fingerprint density at radius 1 is 0.935 bits per heavy atom. The van der Waals surface area contributed by atoms with Gasteiger partial charge in [0.15, 0.2) is 5.15 Å². The molecule has 0 radical (unpaired) electrons. The van der Waals surface area contributed by atoms with Crippen LogP contribution >= 0.6 is 23.2 Å². The van der Waals surface area contributed by atoms with Gasteiger partial charge in [-0.25, -0.2) is 13.4 Å². The lowest BCUT2D eigenvalue weighted by atomic mass is 10.2. The molecule has 0 saturated heterocycles. The number of anilines is 2. The molecule has 0 spiro atoms. The highest BCUT2D eigenvalue weighted by molar-refractivity contribution is 7.92. The number of hydrogen-bond donors (Lipinski definition) is 2. The highest BCUT2D eigenvalue weighted by Crippen LogP contribution is 2.38. The van der Waals surface area contributed by atoms with Gasteiger partial charge in [0.2, 0.25) is 0 Å². The number of rotatable bonds is 7. The van der Waals surface area contributed by atoms with Crippen molar-refractivity contribution in [1.82, 2.24) is 4.98 Å². The van der Waals surface area contributed by atoms with Crippen molar-refractivity contribution in [2.24, 2.45) is 0 Å². The van der Waals surface area contributed by atoms with Crippen molar-refractivity contribution < 1.29 is 22.7 Å². The number of amides is 1. The van der Waals surface area contributed by atoms with Gasteiger partial charge in [-0.2, -0.15) is 0 Å². The zero-order valence-electron chi connectivity index (χ0n) is 16.3. The van der Waals surface area contributed by atoms with Gasteiger partial charge in [0, 0.05) is 17.7 Å². The number of benzene rings is 2. The Balaban J connectivity index is 1.95. The van der Waals surface area contributed by atoms with Crippen LogP contribution in [0.25, 0.3) is 0 Å². The first-order valence-corrected chi connectivity index (χ1v) is 11.0. The SMILES string of the molecule is COc1cc(NS(=O)(=O)c2ccc(Cl)nc2Cl)c(OC)cc1NC(=O)c1ccccc1. The monoisotopic (exact) mass is 481 g/mol. The molecule has 3 rings (SSSR count). The normalized spacial score (nSPS) is 11.0. The fourth-order valence-corrected chi connectivity index (χ4v) is 4.38. The molecule has 1 heterocycles. The van der Waals surface area contributed by atoms with E-state index in [1.165, 1.54) is 38.5 Å². The Bertz CT molecular complexity index is 1220. The van der Waals surface area contributed by atoms with Gasteiger partial charge in [-0.05, 0) is 24.3 Å². The Morgan fingerprint density at radius 3 is 2.16 bits per heavy atom. The van der Waals surface area contributed by atoms with Crippen molar-refractivity contribution in [1.29, 1.82) is 0 Å². The molecule has 2 aromatic carbocycles. The molecule has 0 aliphatic carbocycles. The molecule has 0 aliphatic heterocycles. The molecule has 31 heavy (non-hydrogen) atoms. The summed E-state index contributed by atoms with van der Waals surface area (Å²) in [5.74, 6) is -0.0119. The minimum atomic E-state index is -4.12. The first-order chi connectivity index (χ1) is 14.7. The molecule has 1 amide bonds. The third kappa shape index (κ3) is 5.19. The third-order valence-corrected chi connectivity index (χ3v) is 6.13. The van der Waals surface area contributed by atoms with Gasteiger partial charge in [0.25, 0.3) is 15.9 Å². The van der Waals surface area contributed by atoms with E-state index in [-0.39, 0.29) is 38.3 Å². The van der Waals surface area contributed by atoms with Gasteiger partial charge >= 0.3 is 0 Å². The highest BCUT2D eigenvalue weighted by atomic mass is 35.5. The van der Waals surface area contributed by atoms with E-state index in [0.29, 0.717) is 11.3 Å². The van der Waals surface area contributed by atoms with Crippen LogP contribution in [-0.4, -0.2) is 33.5 Å². The summed E-state index contributed by atoms with van der Waals surface area (Å²) in [6, 6.07) is 14.0. The molecule has 0 fully saturated rings. The Labute approximate surface area is 189 Å². The van der Waals surface area contributed by atoms with Crippen molar-refractivity contribution in [3.63, 3.8) is 0 Å². The largest absolute Gasteiger partial charge is 0.494 e. The van der Waals surface area contributed by atoms with Crippen LogP contribution in [0, 0.1) is 0 Å². The summed E-state index contributed by atoms with van der Waals surface area (Å²) < 4.78 is 38.6. The summed E-state index contributed by atoms with van der Waals surface area (Å²) in [7, 11) is -1.38. The third-order valence-electron chi connectivity index (χ3n) is 4.12. The number of carbonyl (C=O) groups is 1.